The lowest BCUT2D eigenvalue weighted by atomic mass is 10.2. The van der Waals surface area contributed by atoms with Crippen molar-refractivity contribution in [3.05, 3.63) is 0 Å². The molecule has 0 heterocycles. The Morgan fingerprint density at radius 2 is 2.00 bits per heavy atom. The van der Waals surface area contributed by atoms with E-state index in [1.807, 2.05) is 0 Å². The van der Waals surface area contributed by atoms with Crippen molar-refractivity contribution >= 4 is 17.8 Å². The Bertz CT molecular complexity index is 238. The van der Waals surface area contributed by atoms with Crippen LogP contribution in [0.4, 0.5) is 0 Å². The van der Waals surface area contributed by atoms with Crippen LogP contribution < -0.4 is 5.32 Å². The molecular formula is C8H13NO5. The molecule has 80 valence electrons. The van der Waals surface area contributed by atoms with Gasteiger partial charge in [0.15, 0.2) is 0 Å². The van der Waals surface area contributed by atoms with Gasteiger partial charge < -0.3 is 15.2 Å². The number of carbonyl (C=O) groups excluding carboxylic acids is 2. The third-order valence-electron chi connectivity index (χ3n) is 1.45. The molecule has 0 aliphatic rings. The van der Waals surface area contributed by atoms with Gasteiger partial charge in [0.2, 0.25) is 5.91 Å². The molecule has 0 rings (SSSR count). The maximum absolute atomic E-state index is 11.1. The second kappa shape index (κ2) is 5.95. The van der Waals surface area contributed by atoms with E-state index >= 15 is 0 Å². The Morgan fingerprint density at radius 1 is 1.43 bits per heavy atom. The second-order valence-electron chi connectivity index (χ2n) is 2.59. The SMILES string of the molecule is CCOC(=O)C(C)C(=O)NCC(=O)O. The van der Waals surface area contributed by atoms with E-state index in [9.17, 15) is 14.4 Å². The van der Waals surface area contributed by atoms with E-state index in [0.29, 0.717) is 0 Å². The Labute approximate surface area is 81.2 Å². The Morgan fingerprint density at radius 3 is 2.43 bits per heavy atom. The molecule has 0 fully saturated rings. The average Bonchev–Trinajstić information content (AvgIpc) is 2.13. The number of carboxylic acid groups (broad SMARTS) is 1. The monoisotopic (exact) mass is 203 g/mol. The van der Waals surface area contributed by atoms with E-state index < -0.39 is 30.3 Å². The van der Waals surface area contributed by atoms with Crippen molar-refractivity contribution in [3.8, 4) is 0 Å². The minimum Gasteiger partial charge on any atom is -0.480 e. The summed E-state index contributed by atoms with van der Waals surface area (Å²) in [5.41, 5.74) is 0. The highest BCUT2D eigenvalue weighted by molar-refractivity contribution is 5.98. The van der Waals surface area contributed by atoms with Crippen LogP contribution >= 0.6 is 0 Å². The van der Waals surface area contributed by atoms with Crippen LogP contribution in [0.1, 0.15) is 13.8 Å². The largest absolute Gasteiger partial charge is 0.480 e. The van der Waals surface area contributed by atoms with Crippen LogP contribution in [0.5, 0.6) is 0 Å². The molecule has 0 radical (unpaired) electrons. The minimum absolute atomic E-state index is 0.190. The van der Waals surface area contributed by atoms with Gasteiger partial charge in [0.05, 0.1) is 6.61 Å². The Balaban J connectivity index is 3.98. The Hall–Kier alpha value is -1.59. The van der Waals surface area contributed by atoms with E-state index in [0.717, 1.165) is 0 Å². The van der Waals surface area contributed by atoms with Gasteiger partial charge >= 0.3 is 11.9 Å². The highest BCUT2D eigenvalue weighted by Crippen LogP contribution is 1.98. The van der Waals surface area contributed by atoms with Crippen LogP contribution in [-0.2, 0) is 19.1 Å². The fourth-order valence-corrected chi connectivity index (χ4v) is 0.690. The molecular weight excluding hydrogens is 190 g/mol. The maximum atomic E-state index is 11.1. The molecule has 1 unspecified atom stereocenters. The first-order valence-electron chi connectivity index (χ1n) is 4.15. The third kappa shape index (κ3) is 4.44. The number of ether oxygens (including phenoxy) is 1. The summed E-state index contributed by atoms with van der Waals surface area (Å²) in [5.74, 6) is -3.44. The molecule has 0 saturated heterocycles. The number of aliphatic carboxylic acids is 1. The normalized spacial score (nSPS) is 11.6. The van der Waals surface area contributed by atoms with Crippen molar-refractivity contribution in [2.45, 2.75) is 13.8 Å². The second-order valence-corrected chi connectivity index (χ2v) is 2.59. The van der Waals surface area contributed by atoms with Gasteiger partial charge in [-0.2, -0.15) is 0 Å². The lowest BCUT2D eigenvalue weighted by Crippen LogP contribution is -2.37. The predicted octanol–water partition coefficient (Wildman–Crippen LogP) is -0.614. The highest BCUT2D eigenvalue weighted by Gasteiger charge is 2.22. The van der Waals surface area contributed by atoms with E-state index in [1.54, 1.807) is 6.92 Å². The van der Waals surface area contributed by atoms with Gasteiger partial charge in [-0.15, -0.1) is 0 Å². The number of carboxylic acids is 1. The van der Waals surface area contributed by atoms with Gasteiger partial charge in [-0.05, 0) is 13.8 Å². The molecule has 1 atom stereocenters. The molecule has 14 heavy (non-hydrogen) atoms. The van der Waals surface area contributed by atoms with E-state index in [2.05, 4.69) is 10.1 Å². The van der Waals surface area contributed by atoms with Crippen molar-refractivity contribution < 1.29 is 24.2 Å². The number of hydrogen-bond donors (Lipinski definition) is 2. The molecule has 6 nitrogen and oxygen atoms in total. The van der Waals surface area contributed by atoms with Crippen molar-refractivity contribution in [3.63, 3.8) is 0 Å². The third-order valence-corrected chi connectivity index (χ3v) is 1.45. The van der Waals surface area contributed by atoms with Crippen LogP contribution in [0.2, 0.25) is 0 Å². The fourth-order valence-electron chi connectivity index (χ4n) is 0.690. The van der Waals surface area contributed by atoms with Gasteiger partial charge in [0, 0.05) is 0 Å². The molecule has 0 aromatic heterocycles. The molecule has 2 N–H and O–H groups in total. The number of nitrogens with one attached hydrogen (secondary N) is 1. The summed E-state index contributed by atoms with van der Waals surface area (Å²) in [5, 5.41) is 10.3. The lowest BCUT2D eigenvalue weighted by Gasteiger charge is -2.09. The topological polar surface area (TPSA) is 92.7 Å². The van der Waals surface area contributed by atoms with E-state index in [4.69, 9.17) is 5.11 Å². The first-order valence-corrected chi connectivity index (χ1v) is 4.15. The maximum Gasteiger partial charge on any atom is 0.322 e. The van der Waals surface area contributed by atoms with Gasteiger partial charge in [0.25, 0.3) is 0 Å². The van der Waals surface area contributed by atoms with Gasteiger partial charge in [0.1, 0.15) is 12.5 Å². The summed E-state index contributed by atoms with van der Waals surface area (Å²) in [7, 11) is 0. The van der Waals surface area contributed by atoms with Crippen molar-refractivity contribution in [1.82, 2.24) is 5.32 Å². The van der Waals surface area contributed by atoms with Crippen molar-refractivity contribution in [2.75, 3.05) is 13.2 Å². The van der Waals surface area contributed by atoms with E-state index in [1.165, 1.54) is 6.92 Å². The molecule has 6 heteroatoms. The van der Waals surface area contributed by atoms with Crippen LogP contribution in [0, 0.1) is 5.92 Å². The van der Waals surface area contributed by atoms with Crippen LogP contribution in [0.25, 0.3) is 0 Å². The number of rotatable bonds is 5. The van der Waals surface area contributed by atoms with Gasteiger partial charge in [-0.25, -0.2) is 0 Å². The van der Waals surface area contributed by atoms with E-state index in [-0.39, 0.29) is 6.61 Å². The summed E-state index contributed by atoms with van der Waals surface area (Å²) >= 11 is 0. The molecule has 0 aliphatic carbocycles. The Kier molecular flexibility index (Phi) is 5.28. The van der Waals surface area contributed by atoms with Crippen molar-refractivity contribution in [2.24, 2.45) is 5.92 Å². The number of amides is 1. The first-order chi connectivity index (χ1) is 6.49. The van der Waals surface area contributed by atoms with Gasteiger partial charge in [-0.3, -0.25) is 14.4 Å². The smallest absolute Gasteiger partial charge is 0.322 e. The van der Waals surface area contributed by atoms with Crippen LogP contribution in [0.15, 0.2) is 0 Å². The first kappa shape index (κ1) is 12.4. The molecule has 0 aromatic carbocycles. The summed E-state index contributed by atoms with van der Waals surface area (Å²) < 4.78 is 4.58. The van der Waals surface area contributed by atoms with Gasteiger partial charge in [-0.1, -0.05) is 0 Å². The predicted molar refractivity (Wildman–Crippen MR) is 46.4 cm³/mol. The quantitative estimate of drug-likeness (QED) is 0.459. The highest BCUT2D eigenvalue weighted by atomic mass is 16.5. The summed E-state index contributed by atoms with van der Waals surface area (Å²) in [4.78, 5) is 32.2. The zero-order valence-electron chi connectivity index (χ0n) is 8.07. The fraction of sp³-hybridized carbons (Fsp3) is 0.625. The summed E-state index contributed by atoms with van der Waals surface area (Å²) in [6.45, 7) is 2.67. The van der Waals surface area contributed by atoms with Crippen LogP contribution in [-0.4, -0.2) is 36.1 Å². The van der Waals surface area contributed by atoms with Crippen LogP contribution in [0.3, 0.4) is 0 Å². The standard InChI is InChI=1S/C8H13NO5/c1-3-14-8(13)5(2)7(12)9-4-6(10)11/h5H,3-4H2,1-2H3,(H,9,12)(H,10,11). The lowest BCUT2D eigenvalue weighted by molar-refractivity contribution is -0.152. The molecule has 0 aliphatic heterocycles. The summed E-state index contributed by atoms with van der Waals surface area (Å²) in [6, 6.07) is 0. The molecule has 0 bridgehead atoms. The number of carbonyl (C=O) groups is 3. The number of esters is 1. The molecule has 1 amide bonds. The zero-order valence-corrected chi connectivity index (χ0v) is 8.07. The molecule has 0 spiro atoms. The summed E-state index contributed by atoms with van der Waals surface area (Å²) in [6.07, 6.45) is 0. The van der Waals surface area contributed by atoms with Crippen molar-refractivity contribution in [1.29, 1.82) is 0 Å². The zero-order chi connectivity index (χ0) is 11.1. The average molecular weight is 203 g/mol. The molecule has 0 aromatic rings. The number of hydrogen-bond acceptors (Lipinski definition) is 4. The molecule has 0 saturated carbocycles. The minimum atomic E-state index is -1.16.